The number of hydrogen-bond donors (Lipinski definition) is 2. The van der Waals surface area contributed by atoms with Crippen molar-refractivity contribution in [2.24, 2.45) is 0 Å². The van der Waals surface area contributed by atoms with Crippen LogP contribution in [0.15, 0.2) is 41.1 Å². The zero-order chi connectivity index (χ0) is 13.7. The first-order valence-corrected chi connectivity index (χ1v) is 7.10. The highest BCUT2D eigenvalue weighted by Crippen LogP contribution is 2.22. The van der Waals surface area contributed by atoms with E-state index in [1.54, 1.807) is 4.68 Å². The number of hydrogen-bond acceptors (Lipinski definition) is 3. The standard InChI is InChI=1S/C14H18BrN3O/c1-11(13-4-2-3-5-14(13)15)16-8-12-9-17-18(10-12)6-7-19/h2-5,9-11,16,19H,6-8H2,1H3/t11-/m0/s1. The average Bonchev–Trinajstić information content (AvgIpc) is 2.85. The minimum Gasteiger partial charge on any atom is -0.394 e. The molecule has 19 heavy (non-hydrogen) atoms. The van der Waals surface area contributed by atoms with Crippen molar-refractivity contribution in [3.63, 3.8) is 0 Å². The molecule has 1 aromatic heterocycles. The van der Waals surface area contributed by atoms with Gasteiger partial charge in [0.2, 0.25) is 0 Å². The lowest BCUT2D eigenvalue weighted by Crippen LogP contribution is -2.18. The monoisotopic (exact) mass is 323 g/mol. The number of nitrogens with one attached hydrogen (secondary N) is 1. The van der Waals surface area contributed by atoms with Crippen molar-refractivity contribution < 1.29 is 5.11 Å². The van der Waals surface area contributed by atoms with E-state index in [0.717, 1.165) is 16.6 Å². The first kappa shape index (κ1) is 14.2. The second-order valence-corrected chi connectivity index (χ2v) is 5.31. The molecule has 0 spiro atoms. The summed E-state index contributed by atoms with van der Waals surface area (Å²) in [5, 5.41) is 16.5. The summed E-state index contributed by atoms with van der Waals surface area (Å²) in [6, 6.07) is 8.47. The van der Waals surface area contributed by atoms with Crippen molar-refractivity contribution in [1.82, 2.24) is 15.1 Å². The van der Waals surface area contributed by atoms with Gasteiger partial charge in [0.25, 0.3) is 0 Å². The lowest BCUT2D eigenvalue weighted by Gasteiger charge is -2.15. The molecule has 0 amide bonds. The largest absolute Gasteiger partial charge is 0.394 e. The number of rotatable bonds is 6. The van der Waals surface area contributed by atoms with Crippen LogP contribution in [0.3, 0.4) is 0 Å². The molecule has 0 radical (unpaired) electrons. The van der Waals surface area contributed by atoms with Gasteiger partial charge in [-0.25, -0.2) is 0 Å². The first-order valence-electron chi connectivity index (χ1n) is 6.30. The zero-order valence-electron chi connectivity index (χ0n) is 10.9. The smallest absolute Gasteiger partial charge is 0.0640 e. The zero-order valence-corrected chi connectivity index (χ0v) is 12.5. The summed E-state index contributed by atoms with van der Waals surface area (Å²) < 4.78 is 2.87. The summed E-state index contributed by atoms with van der Waals surface area (Å²) >= 11 is 3.56. The average molecular weight is 324 g/mol. The summed E-state index contributed by atoms with van der Waals surface area (Å²) in [7, 11) is 0. The Kier molecular flexibility index (Phi) is 5.13. The van der Waals surface area contributed by atoms with Crippen LogP contribution >= 0.6 is 15.9 Å². The second-order valence-electron chi connectivity index (χ2n) is 4.46. The van der Waals surface area contributed by atoms with Gasteiger partial charge in [0.1, 0.15) is 0 Å². The molecule has 0 unspecified atom stereocenters. The number of aliphatic hydroxyl groups is 1. The van der Waals surface area contributed by atoms with E-state index in [9.17, 15) is 0 Å². The molecule has 2 N–H and O–H groups in total. The van der Waals surface area contributed by atoms with Crippen molar-refractivity contribution in [2.45, 2.75) is 26.1 Å². The van der Waals surface area contributed by atoms with Crippen LogP contribution in [-0.4, -0.2) is 21.5 Å². The molecule has 5 heteroatoms. The molecular weight excluding hydrogens is 306 g/mol. The number of halogens is 1. The minimum absolute atomic E-state index is 0.113. The Labute approximate surface area is 121 Å². The lowest BCUT2D eigenvalue weighted by atomic mass is 10.1. The molecule has 0 aliphatic heterocycles. The number of aliphatic hydroxyl groups excluding tert-OH is 1. The molecule has 0 aliphatic rings. The van der Waals surface area contributed by atoms with Crippen molar-refractivity contribution in [1.29, 1.82) is 0 Å². The third-order valence-electron chi connectivity index (χ3n) is 3.00. The molecule has 0 saturated heterocycles. The third kappa shape index (κ3) is 3.89. The lowest BCUT2D eigenvalue weighted by molar-refractivity contribution is 0.269. The van der Waals surface area contributed by atoms with Crippen LogP contribution in [-0.2, 0) is 13.1 Å². The maximum Gasteiger partial charge on any atom is 0.0640 e. The van der Waals surface area contributed by atoms with E-state index in [1.165, 1.54) is 5.56 Å². The molecular formula is C14H18BrN3O. The molecule has 0 aliphatic carbocycles. The molecule has 2 rings (SSSR count). The fraction of sp³-hybridized carbons (Fsp3) is 0.357. The van der Waals surface area contributed by atoms with Crippen molar-refractivity contribution in [3.05, 3.63) is 52.3 Å². The molecule has 1 atom stereocenters. The van der Waals surface area contributed by atoms with E-state index in [4.69, 9.17) is 5.11 Å². The van der Waals surface area contributed by atoms with Crippen molar-refractivity contribution in [3.8, 4) is 0 Å². The summed E-state index contributed by atoms with van der Waals surface area (Å²) in [5.41, 5.74) is 2.36. The quantitative estimate of drug-likeness (QED) is 0.858. The number of aromatic nitrogens is 2. The van der Waals surface area contributed by atoms with Crippen LogP contribution in [0.1, 0.15) is 24.1 Å². The molecule has 0 saturated carbocycles. The normalized spacial score (nSPS) is 12.6. The maximum absolute atomic E-state index is 8.84. The van der Waals surface area contributed by atoms with Crippen LogP contribution in [0.2, 0.25) is 0 Å². The Morgan fingerprint density at radius 3 is 2.95 bits per heavy atom. The topological polar surface area (TPSA) is 50.1 Å². The maximum atomic E-state index is 8.84. The Morgan fingerprint density at radius 1 is 1.42 bits per heavy atom. The Bertz CT molecular complexity index is 527. The molecule has 0 fully saturated rings. The van der Waals surface area contributed by atoms with Crippen LogP contribution in [0.5, 0.6) is 0 Å². The highest BCUT2D eigenvalue weighted by Gasteiger charge is 2.08. The Morgan fingerprint density at radius 2 is 2.21 bits per heavy atom. The van der Waals surface area contributed by atoms with Crippen LogP contribution in [0.4, 0.5) is 0 Å². The van der Waals surface area contributed by atoms with Crippen LogP contribution in [0.25, 0.3) is 0 Å². The first-order chi connectivity index (χ1) is 9.20. The fourth-order valence-electron chi connectivity index (χ4n) is 1.93. The predicted molar refractivity (Wildman–Crippen MR) is 78.7 cm³/mol. The fourth-order valence-corrected chi connectivity index (χ4v) is 2.56. The van der Waals surface area contributed by atoms with E-state index in [2.05, 4.69) is 39.3 Å². The van der Waals surface area contributed by atoms with Gasteiger partial charge in [-0.05, 0) is 18.6 Å². The summed E-state index contributed by atoms with van der Waals surface area (Å²) in [6.07, 6.45) is 3.78. The number of nitrogens with zero attached hydrogens (tertiary/aromatic N) is 2. The van der Waals surface area contributed by atoms with Crippen LogP contribution < -0.4 is 5.32 Å². The second kappa shape index (κ2) is 6.84. The van der Waals surface area contributed by atoms with E-state index in [-0.39, 0.29) is 12.6 Å². The van der Waals surface area contributed by atoms with Gasteiger partial charge in [-0.1, -0.05) is 34.1 Å². The van der Waals surface area contributed by atoms with Gasteiger partial charge < -0.3 is 10.4 Å². The van der Waals surface area contributed by atoms with Gasteiger partial charge in [-0.15, -0.1) is 0 Å². The molecule has 0 bridgehead atoms. The van der Waals surface area contributed by atoms with Gasteiger partial charge in [0, 0.05) is 28.8 Å². The summed E-state index contributed by atoms with van der Waals surface area (Å²) in [4.78, 5) is 0. The third-order valence-corrected chi connectivity index (χ3v) is 3.72. The van der Waals surface area contributed by atoms with Gasteiger partial charge >= 0.3 is 0 Å². The minimum atomic E-state index is 0.113. The van der Waals surface area contributed by atoms with Gasteiger partial charge in [-0.2, -0.15) is 5.10 Å². The van der Waals surface area contributed by atoms with E-state index in [1.807, 2.05) is 30.6 Å². The van der Waals surface area contributed by atoms with Gasteiger partial charge in [-0.3, -0.25) is 4.68 Å². The van der Waals surface area contributed by atoms with E-state index < -0.39 is 0 Å². The predicted octanol–water partition coefficient (Wildman–Crippen LogP) is 2.49. The molecule has 1 aromatic carbocycles. The molecule has 1 heterocycles. The van der Waals surface area contributed by atoms with Gasteiger partial charge in [0.05, 0.1) is 19.3 Å². The summed E-state index contributed by atoms with van der Waals surface area (Å²) in [6.45, 7) is 3.55. The van der Waals surface area contributed by atoms with Gasteiger partial charge in [0.15, 0.2) is 0 Å². The molecule has 102 valence electrons. The Balaban J connectivity index is 1.92. The summed E-state index contributed by atoms with van der Waals surface area (Å²) in [5.74, 6) is 0. The highest BCUT2D eigenvalue weighted by molar-refractivity contribution is 9.10. The SMILES string of the molecule is C[C@H](NCc1cnn(CCO)c1)c1ccccc1Br. The molecule has 4 nitrogen and oxygen atoms in total. The van der Waals surface area contributed by atoms with Crippen LogP contribution in [0, 0.1) is 0 Å². The van der Waals surface area contributed by atoms with E-state index in [0.29, 0.717) is 6.54 Å². The number of benzene rings is 1. The van der Waals surface area contributed by atoms with E-state index >= 15 is 0 Å². The van der Waals surface area contributed by atoms with Crippen molar-refractivity contribution in [2.75, 3.05) is 6.61 Å². The molecule has 2 aromatic rings. The highest BCUT2D eigenvalue weighted by atomic mass is 79.9. The Hall–Kier alpha value is -1.17. The van der Waals surface area contributed by atoms with Crippen molar-refractivity contribution >= 4 is 15.9 Å².